The summed E-state index contributed by atoms with van der Waals surface area (Å²) in [5.41, 5.74) is 6.19. The first-order valence-electron chi connectivity index (χ1n) is 5.75. The van der Waals surface area contributed by atoms with E-state index in [2.05, 4.69) is 15.5 Å². The van der Waals surface area contributed by atoms with E-state index < -0.39 is 0 Å². The molecule has 100 valence electrons. The summed E-state index contributed by atoms with van der Waals surface area (Å²) in [4.78, 5) is 15.4. The van der Waals surface area contributed by atoms with Gasteiger partial charge in [0.25, 0.3) is 5.91 Å². The van der Waals surface area contributed by atoms with Crippen molar-refractivity contribution in [3.05, 3.63) is 36.5 Å². The van der Waals surface area contributed by atoms with Crippen LogP contribution in [0.4, 0.5) is 5.69 Å². The van der Waals surface area contributed by atoms with Crippen molar-refractivity contribution >= 4 is 11.6 Å². The summed E-state index contributed by atoms with van der Waals surface area (Å²) in [6.45, 7) is 0.326. The number of rotatable bonds is 6. The van der Waals surface area contributed by atoms with E-state index in [4.69, 9.17) is 15.0 Å². The van der Waals surface area contributed by atoms with Crippen LogP contribution in [0.1, 0.15) is 5.89 Å². The molecule has 2 aromatic rings. The molecule has 0 fully saturated rings. The largest absolute Gasteiger partial charge is 0.482 e. The molecule has 0 aliphatic heterocycles. The van der Waals surface area contributed by atoms with Crippen molar-refractivity contribution in [2.45, 2.75) is 6.42 Å². The zero-order valence-electron chi connectivity index (χ0n) is 10.2. The third-order valence-corrected chi connectivity index (χ3v) is 2.35. The molecule has 19 heavy (non-hydrogen) atoms. The van der Waals surface area contributed by atoms with E-state index in [1.54, 1.807) is 24.3 Å². The minimum absolute atomic E-state index is 0.0853. The maximum absolute atomic E-state index is 11.5. The van der Waals surface area contributed by atoms with Gasteiger partial charge in [-0.05, 0) is 12.1 Å². The molecule has 1 aromatic carbocycles. The fourth-order valence-electron chi connectivity index (χ4n) is 1.42. The average molecular weight is 262 g/mol. The Bertz CT molecular complexity index is 528. The van der Waals surface area contributed by atoms with E-state index in [1.807, 2.05) is 0 Å². The number of anilines is 1. The smallest absolute Gasteiger partial charge is 0.257 e. The maximum Gasteiger partial charge on any atom is 0.257 e. The van der Waals surface area contributed by atoms with Crippen molar-refractivity contribution in [2.75, 3.05) is 18.9 Å². The fraction of sp³-hybridized carbons (Fsp3) is 0.250. The van der Waals surface area contributed by atoms with Crippen LogP contribution in [-0.4, -0.2) is 29.2 Å². The molecule has 2 rings (SSSR count). The summed E-state index contributed by atoms with van der Waals surface area (Å²) in [6.07, 6.45) is 1.80. The summed E-state index contributed by atoms with van der Waals surface area (Å²) in [7, 11) is 0. The number of nitrogens with two attached hydrogens (primary N) is 1. The number of hydrogen-bond donors (Lipinski definition) is 2. The monoisotopic (exact) mass is 262 g/mol. The van der Waals surface area contributed by atoms with E-state index in [9.17, 15) is 4.79 Å². The molecule has 0 radical (unpaired) electrons. The molecule has 0 spiro atoms. The van der Waals surface area contributed by atoms with E-state index in [0.717, 1.165) is 0 Å². The topological polar surface area (TPSA) is 103 Å². The second-order valence-electron chi connectivity index (χ2n) is 3.76. The van der Waals surface area contributed by atoms with Crippen LogP contribution in [0, 0.1) is 0 Å². The van der Waals surface area contributed by atoms with Crippen LogP contribution in [-0.2, 0) is 11.2 Å². The van der Waals surface area contributed by atoms with E-state index >= 15 is 0 Å². The van der Waals surface area contributed by atoms with Gasteiger partial charge in [0.05, 0.1) is 5.69 Å². The highest BCUT2D eigenvalue weighted by molar-refractivity contribution is 5.77. The van der Waals surface area contributed by atoms with Crippen LogP contribution in [0.25, 0.3) is 0 Å². The summed E-state index contributed by atoms with van der Waals surface area (Å²) in [6, 6.07) is 7.01. The Morgan fingerprint density at radius 1 is 1.42 bits per heavy atom. The molecule has 0 saturated carbocycles. The van der Waals surface area contributed by atoms with E-state index in [0.29, 0.717) is 30.3 Å². The van der Waals surface area contributed by atoms with Gasteiger partial charge in [-0.15, -0.1) is 0 Å². The van der Waals surface area contributed by atoms with Crippen molar-refractivity contribution in [3.63, 3.8) is 0 Å². The van der Waals surface area contributed by atoms with Crippen LogP contribution in [0.15, 0.2) is 35.1 Å². The Morgan fingerprint density at radius 3 is 3.00 bits per heavy atom. The fourth-order valence-corrected chi connectivity index (χ4v) is 1.42. The second-order valence-corrected chi connectivity index (χ2v) is 3.76. The molecule has 7 nitrogen and oxygen atoms in total. The van der Waals surface area contributed by atoms with Crippen molar-refractivity contribution in [1.29, 1.82) is 0 Å². The summed E-state index contributed by atoms with van der Waals surface area (Å²) in [5, 5.41) is 6.15. The highest BCUT2D eigenvalue weighted by Crippen LogP contribution is 2.19. The molecular weight excluding hydrogens is 248 g/mol. The molecule has 0 saturated heterocycles. The first-order chi connectivity index (χ1) is 9.25. The Kier molecular flexibility index (Phi) is 4.33. The quantitative estimate of drug-likeness (QED) is 0.730. The van der Waals surface area contributed by atoms with Gasteiger partial charge in [-0.2, -0.15) is 4.98 Å². The van der Waals surface area contributed by atoms with E-state index in [-0.39, 0.29) is 12.5 Å². The minimum Gasteiger partial charge on any atom is -0.482 e. The first kappa shape index (κ1) is 12.9. The molecule has 7 heteroatoms. The number of para-hydroxylation sites is 2. The number of nitrogen functional groups attached to an aromatic ring is 1. The molecule has 0 aliphatic rings. The molecular formula is C12H14N4O3. The molecule has 1 heterocycles. The molecule has 1 aromatic heterocycles. The van der Waals surface area contributed by atoms with Crippen LogP contribution < -0.4 is 15.8 Å². The van der Waals surface area contributed by atoms with E-state index in [1.165, 1.54) is 6.33 Å². The van der Waals surface area contributed by atoms with Gasteiger partial charge in [0, 0.05) is 13.0 Å². The highest BCUT2D eigenvalue weighted by Gasteiger charge is 2.05. The number of carbonyl (C=O) groups excluding carboxylic acids is 1. The first-order valence-corrected chi connectivity index (χ1v) is 5.75. The van der Waals surface area contributed by atoms with Crippen molar-refractivity contribution < 1.29 is 14.1 Å². The van der Waals surface area contributed by atoms with Gasteiger partial charge in [0.15, 0.2) is 12.9 Å². The number of aromatic nitrogens is 2. The summed E-state index contributed by atoms with van der Waals surface area (Å²) >= 11 is 0. The lowest BCUT2D eigenvalue weighted by atomic mass is 10.3. The SMILES string of the molecule is Nc1ccccc1OCC(=O)NCCc1ncno1. The lowest BCUT2D eigenvalue weighted by Crippen LogP contribution is -2.30. The summed E-state index contributed by atoms with van der Waals surface area (Å²) in [5.74, 6) is 0.742. The average Bonchev–Trinajstić information content (AvgIpc) is 2.91. The molecule has 1 amide bonds. The van der Waals surface area contributed by atoms with Crippen LogP contribution in [0.2, 0.25) is 0 Å². The maximum atomic E-state index is 11.5. The Hall–Kier alpha value is -2.57. The Labute approximate surface area is 109 Å². The van der Waals surface area contributed by atoms with Crippen LogP contribution in [0.5, 0.6) is 5.75 Å². The van der Waals surface area contributed by atoms with Gasteiger partial charge in [0.2, 0.25) is 5.89 Å². The van der Waals surface area contributed by atoms with Crippen molar-refractivity contribution in [3.8, 4) is 5.75 Å². The van der Waals surface area contributed by atoms with Gasteiger partial charge >= 0.3 is 0 Å². The third kappa shape index (κ3) is 3.98. The number of amides is 1. The number of benzene rings is 1. The second kappa shape index (κ2) is 6.39. The van der Waals surface area contributed by atoms with Crippen molar-refractivity contribution in [2.24, 2.45) is 0 Å². The zero-order valence-corrected chi connectivity index (χ0v) is 10.2. The molecule has 3 N–H and O–H groups in total. The standard InChI is InChI=1S/C12H14N4O3/c13-9-3-1-2-4-10(9)18-7-11(17)14-6-5-12-15-8-16-19-12/h1-4,8H,5-7,13H2,(H,14,17). The number of carbonyl (C=O) groups is 1. The van der Waals surface area contributed by atoms with Gasteiger partial charge in [-0.25, -0.2) is 0 Å². The number of nitrogens with zero attached hydrogens (tertiary/aromatic N) is 2. The zero-order chi connectivity index (χ0) is 13.5. The lowest BCUT2D eigenvalue weighted by molar-refractivity contribution is -0.123. The molecule has 0 bridgehead atoms. The number of nitrogens with one attached hydrogen (secondary N) is 1. The summed E-state index contributed by atoms with van der Waals surface area (Å²) < 4.78 is 10.1. The lowest BCUT2D eigenvalue weighted by Gasteiger charge is -2.08. The van der Waals surface area contributed by atoms with Gasteiger partial charge in [-0.1, -0.05) is 17.3 Å². The number of ether oxygens (including phenoxy) is 1. The Morgan fingerprint density at radius 2 is 2.26 bits per heavy atom. The number of hydrogen-bond acceptors (Lipinski definition) is 6. The third-order valence-electron chi connectivity index (χ3n) is 2.35. The highest BCUT2D eigenvalue weighted by atomic mass is 16.5. The van der Waals surface area contributed by atoms with Crippen molar-refractivity contribution in [1.82, 2.24) is 15.5 Å². The Balaban J connectivity index is 1.69. The molecule has 0 unspecified atom stereocenters. The normalized spacial score (nSPS) is 10.1. The van der Waals surface area contributed by atoms with Gasteiger partial charge in [-0.3, -0.25) is 4.79 Å². The predicted octanol–water partition coefficient (Wildman–Crippen LogP) is 0.389. The molecule has 0 atom stereocenters. The van der Waals surface area contributed by atoms with Crippen LogP contribution >= 0.6 is 0 Å². The van der Waals surface area contributed by atoms with Crippen LogP contribution in [0.3, 0.4) is 0 Å². The predicted molar refractivity (Wildman–Crippen MR) is 67.4 cm³/mol. The molecule has 0 aliphatic carbocycles. The van der Waals surface area contributed by atoms with Gasteiger partial charge in [0.1, 0.15) is 5.75 Å². The van der Waals surface area contributed by atoms with Gasteiger partial charge < -0.3 is 20.3 Å². The minimum atomic E-state index is -0.234.